The van der Waals surface area contributed by atoms with Crippen LogP contribution in [0.15, 0.2) is 170 Å². The van der Waals surface area contributed by atoms with Gasteiger partial charge in [-0.25, -0.2) is 0 Å². The molecule has 7 aromatic carbocycles. The molecule has 0 aliphatic rings. The number of nitrogens with two attached hydrogens (primary N) is 2. The van der Waals surface area contributed by atoms with E-state index in [1.165, 1.54) is 49.2 Å². The van der Waals surface area contributed by atoms with Crippen LogP contribution in [0, 0.1) is 0 Å². The Labute approximate surface area is 309 Å². The van der Waals surface area contributed by atoms with Gasteiger partial charge in [-0.2, -0.15) is 0 Å². The summed E-state index contributed by atoms with van der Waals surface area (Å²) in [5.74, 6) is 0. The molecule has 4 heteroatoms. The summed E-state index contributed by atoms with van der Waals surface area (Å²) in [6, 6.07) is 51.5. The average Bonchev–Trinajstić information content (AvgIpc) is 3.54. The number of hydrogen-bond donors (Lipinski definition) is 2. The van der Waals surface area contributed by atoms with E-state index >= 15 is 0 Å². The number of pyridine rings is 1. The first kappa shape index (κ1) is 32.0. The highest BCUT2D eigenvalue weighted by Gasteiger charge is 2.15. The molecular weight excluding hydrogens is 645 g/mol. The van der Waals surface area contributed by atoms with E-state index in [1.807, 2.05) is 18.5 Å². The quantitative estimate of drug-likeness (QED) is 0.124. The van der Waals surface area contributed by atoms with Crippen LogP contribution in [0.25, 0.3) is 72.3 Å². The van der Waals surface area contributed by atoms with Crippen LogP contribution < -0.4 is 11.5 Å². The molecule has 0 bridgehead atoms. The van der Waals surface area contributed by atoms with Crippen molar-refractivity contribution in [1.82, 2.24) is 9.55 Å². The number of benzene rings is 7. The van der Waals surface area contributed by atoms with E-state index in [1.54, 1.807) is 0 Å². The third kappa shape index (κ3) is 5.81. The lowest BCUT2D eigenvalue weighted by Crippen LogP contribution is -2.00. The van der Waals surface area contributed by atoms with Gasteiger partial charge in [0.2, 0.25) is 0 Å². The van der Waals surface area contributed by atoms with Crippen molar-refractivity contribution in [2.75, 3.05) is 11.5 Å². The maximum atomic E-state index is 6.66. The van der Waals surface area contributed by atoms with Crippen molar-refractivity contribution in [3.8, 4) is 16.8 Å². The molecule has 0 saturated heterocycles. The lowest BCUT2D eigenvalue weighted by molar-refractivity contribution is 1.17. The standard InChI is InChI=1S/C49H38N4/c50-48-35(16-11-13-33-25-28-45-43(31-33)44-32-52-30-29-46(44)53(45)37-18-5-2-6-19-37)26-27-36(49(48)51)17-12-24-38-39-20-7-9-22-41(39)47(34-14-3-1-4-15-34)42-23-10-8-21-40(38)42/h1-12,14-23,25-32H,13,24,50-51H2/b16-11-,17-12-. The zero-order valence-electron chi connectivity index (χ0n) is 29.3. The number of nitrogens with zero attached hydrogens (tertiary/aromatic N) is 2. The number of hydrogen-bond acceptors (Lipinski definition) is 3. The Kier molecular flexibility index (Phi) is 8.26. The van der Waals surface area contributed by atoms with E-state index in [-0.39, 0.29) is 0 Å². The van der Waals surface area contributed by atoms with Crippen LogP contribution >= 0.6 is 0 Å². The van der Waals surface area contributed by atoms with Crippen molar-refractivity contribution in [2.24, 2.45) is 0 Å². The largest absolute Gasteiger partial charge is 0.397 e. The van der Waals surface area contributed by atoms with Gasteiger partial charge >= 0.3 is 0 Å². The molecule has 4 nitrogen and oxygen atoms in total. The fourth-order valence-electron chi connectivity index (χ4n) is 7.84. The van der Waals surface area contributed by atoms with Crippen molar-refractivity contribution in [2.45, 2.75) is 12.8 Å². The van der Waals surface area contributed by atoms with E-state index in [0.29, 0.717) is 11.4 Å². The molecule has 4 N–H and O–H groups in total. The Morgan fingerprint density at radius 3 is 1.74 bits per heavy atom. The molecule has 0 fully saturated rings. The predicted molar refractivity (Wildman–Crippen MR) is 226 cm³/mol. The predicted octanol–water partition coefficient (Wildman–Crippen LogP) is 11.8. The number of allylic oxidation sites excluding steroid dienone is 2. The second-order valence-electron chi connectivity index (χ2n) is 13.5. The summed E-state index contributed by atoms with van der Waals surface area (Å²) in [5.41, 5.74) is 24.8. The van der Waals surface area contributed by atoms with E-state index in [0.717, 1.165) is 46.1 Å². The van der Waals surface area contributed by atoms with Gasteiger partial charge in [0.1, 0.15) is 0 Å². The minimum Gasteiger partial charge on any atom is -0.397 e. The first-order valence-electron chi connectivity index (χ1n) is 18.1. The number of para-hydroxylation sites is 1. The number of aromatic nitrogens is 2. The minimum absolute atomic E-state index is 0.596. The monoisotopic (exact) mass is 682 g/mol. The van der Waals surface area contributed by atoms with Crippen molar-refractivity contribution in [3.63, 3.8) is 0 Å². The summed E-state index contributed by atoms with van der Waals surface area (Å²) < 4.78 is 2.30. The fourth-order valence-corrected chi connectivity index (χ4v) is 7.84. The van der Waals surface area contributed by atoms with E-state index < -0.39 is 0 Å². The van der Waals surface area contributed by atoms with Crippen LogP contribution in [0.5, 0.6) is 0 Å². The molecule has 0 amide bonds. The van der Waals surface area contributed by atoms with E-state index in [9.17, 15) is 0 Å². The van der Waals surface area contributed by atoms with Crippen molar-refractivity contribution in [1.29, 1.82) is 0 Å². The van der Waals surface area contributed by atoms with Gasteiger partial charge < -0.3 is 16.0 Å². The molecule has 0 spiro atoms. The number of rotatable bonds is 8. The first-order valence-corrected chi connectivity index (χ1v) is 18.1. The molecule has 0 radical (unpaired) electrons. The van der Waals surface area contributed by atoms with Crippen LogP contribution in [0.2, 0.25) is 0 Å². The number of fused-ring (bicyclic) bond motifs is 5. The summed E-state index contributed by atoms with van der Waals surface area (Å²) in [6.45, 7) is 0. The molecule has 2 heterocycles. The van der Waals surface area contributed by atoms with E-state index in [4.69, 9.17) is 11.5 Å². The fraction of sp³-hybridized carbons (Fsp3) is 0.0408. The van der Waals surface area contributed by atoms with Crippen LogP contribution in [0.3, 0.4) is 0 Å². The summed E-state index contributed by atoms with van der Waals surface area (Å²) in [7, 11) is 0. The van der Waals surface area contributed by atoms with Crippen LogP contribution in [0.4, 0.5) is 11.4 Å². The average molecular weight is 683 g/mol. The van der Waals surface area contributed by atoms with Crippen molar-refractivity contribution >= 4 is 66.9 Å². The molecule has 53 heavy (non-hydrogen) atoms. The first-order chi connectivity index (χ1) is 26.2. The van der Waals surface area contributed by atoms with Gasteiger partial charge in [-0.15, -0.1) is 0 Å². The molecule has 9 rings (SSSR count). The number of anilines is 2. The smallest absolute Gasteiger partial charge is 0.0627 e. The Bertz CT molecular complexity index is 2790. The van der Waals surface area contributed by atoms with Crippen molar-refractivity contribution < 1.29 is 0 Å². The molecule has 0 unspecified atom stereocenters. The zero-order chi connectivity index (χ0) is 35.7. The Balaban J connectivity index is 0.973. The zero-order valence-corrected chi connectivity index (χ0v) is 29.3. The summed E-state index contributed by atoms with van der Waals surface area (Å²) in [4.78, 5) is 4.44. The van der Waals surface area contributed by atoms with Gasteiger partial charge in [0.15, 0.2) is 0 Å². The Morgan fingerprint density at radius 1 is 0.509 bits per heavy atom. The van der Waals surface area contributed by atoms with Gasteiger partial charge in [-0.1, -0.05) is 140 Å². The van der Waals surface area contributed by atoms with Gasteiger partial charge in [-0.3, -0.25) is 4.98 Å². The third-order valence-electron chi connectivity index (χ3n) is 10.4. The summed E-state index contributed by atoms with van der Waals surface area (Å²) in [6.07, 6.45) is 13.9. The molecule has 2 aromatic heterocycles. The van der Waals surface area contributed by atoms with Gasteiger partial charge in [-0.05, 0) is 98.1 Å². The molecular formula is C49H38N4. The second kappa shape index (κ2) is 13.7. The van der Waals surface area contributed by atoms with Gasteiger partial charge in [0.05, 0.1) is 22.4 Å². The minimum atomic E-state index is 0.596. The van der Waals surface area contributed by atoms with Gasteiger partial charge in [0.25, 0.3) is 0 Å². The highest BCUT2D eigenvalue weighted by Crippen LogP contribution is 2.40. The maximum absolute atomic E-state index is 6.66. The Morgan fingerprint density at radius 2 is 1.08 bits per heavy atom. The maximum Gasteiger partial charge on any atom is 0.0627 e. The molecule has 9 aromatic rings. The van der Waals surface area contributed by atoms with Gasteiger partial charge in [0, 0.05) is 28.9 Å². The summed E-state index contributed by atoms with van der Waals surface area (Å²) >= 11 is 0. The highest BCUT2D eigenvalue weighted by atomic mass is 15.0. The molecule has 0 aliphatic carbocycles. The van der Waals surface area contributed by atoms with Crippen LogP contribution in [-0.2, 0) is 12.8 Å². The third-order valence-corrected chi connectivity index (χ3v) is 10.4. The topological polar surface area (TPSA) is 69.9 Å². The second-order valence-corrected chi connectivity index (χ2v) is 13.5. The lowest BCUT2D eigenvalue weighted by atomic mass is 9.87. The molecule has 0 atom stereocenters. The highest BCUT2D eigenvalue weighted by molar-refractivity contribution is 6.15. The van der Waals surface area contributed by atoms with Crippen LogP contribution in [0.1, 0.15) is 22.3 Å². The SMILES string of the molecule is Nc1c(/C=C\Cc2ccc3c(c2)c2cnccc2n3-c2ccccc2)ccc(/C=C\Cc2c3ccccc3c(-c3ccccc3)c3ccccc23)c1N. The molecule has 0 saturated carbocycles. The summed E-state index contributed by atoms with van der Waals surface area (Å²) in [5, 5.41) is 7.38. The van der Waals surface area contributed by atoms with Crippen LogP contribution in [-0.4, -0.2) is 9.55 Å². The number of nitrogen functional groups attached to an aromatic ring is 2. The van der Waals surface area contributed by atoms with E-state index in [2.05, 4.69) is 173 Å². The molecule has 0 aliphatic heterocycles. The lowest BCUT2D eigenvalue weighted by Gasteiger charge is -2.16. The Hall–Kier alpha value is -6.91. The molecule has 254 valence electrons. The normalized spacial score (nSPS) is 11.9. The van der Waals surface area contributed by atoms with Crippen molar-refractivity contribution in [3.05, 3.63) is 192 Å².